The minimum Gasteiger partial charge on any atom is -0.395 e. The average molecular weight is 250 g/mol. The van der Waals surface area contributed by atoms with Crippen molar-refractivity contribution in [1.29, 1.82) is 0 Å². The van der Waals surface area contributed by atoms with Crippen LogP contribution in [0.1, 0.15) is 13.3 Å². The lowest BCUT2D eigenvalue weighted by molar-refractivity contribution is 0.189. The minimum atomic E-state index is -2.82. The van der Waals surface area contributed by atoms with Gasteiger partial charge in [-0.25, -0.2) is 8.42 Å². The van der Waals surface area contributed by atoms with Crippen molar-refractivity contribution in [2.45, 2.75) is 25.4 Å². The molecule has 2 N–H and O–H groups in total. The third-order valence-electron chi connectivity index (χ3n) is 3.20. The van der Waals surface area contributed by atoms with E-state index in [0.717, 1.165) is 13.0 Å². The van der Waals surface area contributed by atoms with E-state index in [1.807, 2.05) is 14.0 Å². The highest BCUT2D eigenvalue weighted by Gasteiger charge is 2.27. The fourth-order valence-corrected chi connectivity index (χ4v) is 3.64. The molecule has 1 rings (SSSR count). The number of nitrogens with zero attached hydrogens (tertiary/aromatic N) is 1. The molecule has 0 saturated carbocycles. The molecule has 0 aromatic heterocycles. The first kappa shape index (κ1) is 13.9. The van der Waals surface area contributed by atoms with Gasteiger partial charge in [0, 0.05) is 25.2 Å². The first-order chi connectivity index (χ1) is 7.48. The van der Waals surface area contributed by atoms with E-state index >= 15 is 0 Å². The van der Waals surface area contributed by atoms with Gasteiger partial charge in [-0.1, -0.05) is 0 Å². The highest BCUT2D eigenvalue weighted by molar-refractivity contribution is 7.91. The summed E-state index contributed by atoms with van der Waals surface area (Å²) in [6.07, 6.45) is 0.845. The van der Waals surface area contributed by atoms with E-state index in [1.165, 1.54) is 0 Å². The van der Waals surface area contributed by atoms with Gasteiger partial charge >= 0.3 is 0 Å². The molecule has 96 valence electrons. The topological polar surface area (TPSA) is 69.6 Å². The van der Waals surface area contributed by atoms with E-state index < -0.39 is 9.84 Å². The number of aliphatic hydroxyl groups excluding tert-OH is 1. The molecule has 16 heavy (non-hydrogen) atoms. The molecular weight excluding hydrogens is 228 g/mol. The summed E-state index contributed by atoms with van der Waals surface area (Å²) < 4.78 is 22.8. The van der Waals surface area contributed by atoms with E-state index in [1.54, 1.807) is 0 Å². The first-order valence-corrected chi connectivity index (χ1v) is 7.53. The zero-order valence-electron chi connectivity index (χ0n) is 10.0. The fourth-order valence-electron chi connectivity index (χ4n) is 2.01. The highest BCUT2D eigenvalue weighted by Crippen LogP contribution is 2.12. The van der Waals surface area contributed by atoms with Crippen molar-refractivity contribution < 1.29 is 13.5 Å². The lowest BCUT2D eigenvalue weighted by Gasteiger charge is -2.33. The first-order valence-electron chi connectivity index (χ1n) is 5.71. The maximum Gasteiger partial charge on any atom is 0.153 e. The van der Waals surface area contributed by atoms with Gasteiger partial charge in [-0.2, -0.15) is 0 Å². The SMILES string of the molecule is CNC(CO)CCN1CCS(=O)(=O)CC1C. The minimum absolute atomic E-state index is 0.0925. The molecule has 2 unspecified atom stereocenters. The van der Waals surface area contributed by atoms with Gasteiger partial charge in [0.05, 0.1) is 18.1 Å². The van der Waals surface area contributed by atoms with Gasteiger partial charge in [0.15, 0.2) is 9.84 Å². The summed E-state index contributed by atoms with van der Waals surface area (Å²) in [4.78, 5) is 2.18. The van der Waals surface area contributed by atoms with Crippen LogP contribution in [0.4, 0.5) is 0 Å². The molecule has 0 spiro atoms. The van der Waals surface area contributed by atoms with Crippen molar-refractivity contribution in [1.82, 2.24) is 10.2 Å². The number of hydrogen-bond acceptors (Lipinski definition) is 5. The van der Waals surface area contributed by atoms with Crippen LogP contribution >= 0.6 is 0 Å². The standard InChI is InChI=1S/C10H22N2O3S/c1-9-8-16(14,15)6-5-12(9)4-3-10(7-13)11-2/h9-11,13H,3-8H2,1-2H3. The predicted octanol–water partition coefficient (Wildman–Crippen LogP) is -0.924. The van der Waals surface area contributed by atoms with Gasteiger partial charge in [0.25, 0.3) is 0 Å². The van der Waals surface area contributed by atoms with Crippen LogP contribution in [0.3, 0.4) is 0 Å². The Kier molecular flexibility index (Phi) is 5.17. The molecule has 2 atom stereocenters. The molecule has 0 aromatic carbocycles. The monoisotopic (exact) mass is 250 g/mol. The summed E-state index contributed by atoms with van der Waals surface area (Å²) in [5.74, 6) is 0.525. The Morgan fingerprint density at radius 2 is 2.25 bits per heavy atom. The Morgan fingerprint density at radius 1 is 1.56 bits per heavy atom. The van der Waals surface area contributed by atoms with Gasteiger partial charge in [0.2, 0.25) is 0 Å². The van der Waals surface area contributed by atoms with Crippen LogP contribution in [0.25, 0.3) is 0 Å². The van der Waals surface area contributed by atoms with E-state index in [0.29, 0.717) is 6.54 Å². The van der Waals surface area contributed by atoms with Crippen LogP contribution in [-0.2, 0) is 9.84 Å². The number of aliphatic hydroxyl groups is 1. The van der Waals surface area contributed by atoms with Crippen molar-refractivity contribution in [3.63, 3.8) is 0 Å². The molecule has 0 aromatic rings. The molecular formula is C10H22N2O3S. The Balaban J connectivity index is 2.39. The van der Waals surface area contributed by atoms with Crippen LogP contribution in [-0.4, -0.2) is 68.8 Å². The predicted molar refractivity (Wildman–Crippen MR) is 64.2 cm³/mol. The molecule has 0 amide bonds. The van der Waals surface area contributed by atoms with Crippen LogP contribution in [0.2, 0.25) is 0 Å². The third kappa shape index (κ3) is 4.01. The van der Waals surface area contributed by atoms with Crippen LogP contribution in [0.15, 0.2) is 0 Å². The lowest BCUT2D eigenvalue weighted by atomic mass is 10.2. The van der Waals surface area contributed by atoms with Gasteiger partial charge in [-0.15, -0.1) is 0 Å². The van der Waals surface area contributed by atoms with Crippen LogP contribution in [0, 0.1) is 0 Å². The Bertz CT molecular complexity index is 301. The Hall–Kier alpha value is -0.170. The summed E-state index contributed by atoms with van der Waals surface area (Å²) >= 11 is 0. The second-order valence-corrected chi connectivity index (χ2v) is 6.68. The summed E-state index contributed by atoms with van der Waals surface area (Å²) in [7, 11) is -0.997. The van der Waals surface area contributed by atoms with Crippen molar-refractivity contribution >= 4 is 9.84 Å². The number of rotatable bonds is 5. The summed E-state index contributed by atoms with van der Waals surface area (Å²) in [5.41, 5.74) is 0. The van der Waals surface area contributed by atoms with Gasteiger partial charge in [-0.05, 0) is 20.4 Å². The number of sulfone groups is 1. The van der Waals surface area contributed by atoms with Crippen molar-refractivity contribution in [3.05, 3.63) is 0 Å². The lowest BCUT2D eigenvalue weighted by Crippen LogP contribution is -2.48. The average Bonchev–Trinajstić information content (AvgIpc) is 2.21. The molecule has 1 saturated heterocycles. The Morgan fingerprint density at radius 3 is 2.75 bits per heavy atom. The van der Waals surface area contributed by atoms with Gasteiger partial charge < -0.3 is 10.4 Å². The van der Waals surface area contributed by atoms with Crippen LogP contribution < -0.4 is 5.32 Å². The van der Waals surface area contributed by atoms with E-state index in [-0.39, 0.29) is 30.2 Å². The van der Waals surface area contributed by atoms with Crippen molar-refractivity contribution in [3.8, 4) is 0 Å². The zero-order valence-corrected chi connectivity index (χ0v) is 10.8. The number of hydrogen-bond donors (Lipinski definition) is 2. The summed E-state index contributed by atoms with van der Waals surface area (Å²) in [6.45, 7) is 3.52. The maximum atomic E-state index is 11.4. The molecule has 0 bridgehead atoms. The van der Waals surface area contributed by atoms with E-state index in [4.69, 9.17) is 5.11 Å². The molecule has 1 fully saturated rings. The summed E-state index contributed by atoms with van der Waals surface area (Å²) in [6, 6.07) is 0.195. The number of nitrogens with one attached hydrogen (secondary N) is 1. The molecule has 0 aliphatic carbocycles. The Labute approximate surface area is 97.7 Å². The molecule has 1 aliphatic heterocycles. The normalized spacial score (nSPS) is 27.8. The quantitative estimate of drug-likeness (QED) is 0.660. The smallest absolute Gasteiger partial charge is 0.153 e. The second-order valence-electron chi connectivity index (χ2n) is 4.46. The molecule has 5 nitrogen and oxygen atoms in total. The molecule has 1 aliphatic rings. The molecule has 0 radical (unpaired) electrons. The van der Waals surface area contributed by atoms with Crippen molar-refractivity contribution in [2.24, 2.45) is 0 Å². The molecule has 6 heteroatoms. The number of likely N-dealkylation sites (N-methyl/N-ethyl adjacent to an activating group) is 1. The largest absolute Gasteiger partial charge is 0.395 e. The van der Waals surface area contributed by atoms with Gasteiger partial charge in [-0.3, -0.25) is 4.90 Å². The fraction of sp³-hybridized carbons (Fsp3) is 1.00. The van der Waals surface area contributed by atoms with E-state index in [2.05, 4.69) is 10.2 Å². The van der Waals surface area contributed by atoms with E-state index in [9.17, 15) is 8.42 Å². The van der Waals surface area contributed by atoms with Crippen LogP contribution in [0.5, 0.6) is 0 Å². The zero-order chi connectivity index (χ0) is 12.2. The third-order valence-corrected chi connectivity index (χ3v) is 5.00. The maximum absolute atomic E-state index is 11.4. The summed E-state index contributed by atoms with van der Waals surface area (Å²) in [5, 5.41) is 12.1. The van der Waals surface area contributed by atoms with Crippen molar-refractivity contribution in [2.75, 3.05) is 38.2 Å². The van der Waals surface area contributed by atoms with Gasteiger partial charge in [0.1, 0.15) is 0 Å². The highest BCUT2D eigenvalue weighted by atomic mass is 32.2. The second kappa shape index (κ2) is 5.95. The molecule has 1 heterocycles.